The van der Waals surface area contributed by atoms with Gasteiger partial charge in [-0.25, -0.2) is 4.98 Å². The van der Waals surface area contributed by atoms with Crippen molar-refractivity contribution in [1.82, 2.24) is 9.88 Å². The number of rotatable bonds is 5. The second kappa shape index (κ2) is 6.85. The van der Waals surface area contributed by atoms with Crippen LogP contribution in [0.25, 0.3) is 10.6 Å². The minimum atomic E-state index is 0.0957. The van der Waals surface area contributed by atoms with Gasteiger partial charge in [0.05, 0.1) is 18.7 Å². The van der Waals surface area contributed by atoms with E-state index in [0.29, 0.717) is 13.0 Å². The van der Waals surface area contributed by atoms with Crippen LogP contribution >= 0.6 is 22.7 Å². The van der Waals surface area contributed by atoms with Crippen LogP contribution < -0.4 is 0 Å². The van der Waals surface area contributed by atoms with Gasteiger partial charge < -0.3 is 4.90 Å². The van der Waals surface area contributed by atoms with Gasteiger partial charge in [0, 0.05) is 22.9 Å². The lowest BCUT2D eigenvalue weighted by molar-refractivity contribution is -0.129. The van der Waals surface area contributed by atoms with Gasteiger partial charge in [0.25, 0.3) is 0 Å². The minimum Gasteiger partial charge on any atom is -0.340 e. The molecule has 0 unspecified atom stereocenters. The van der Waals surface area contributed by atoms with E-state index in [0.717, 1.165) is 16.3 Å². The third kappa shape index (κ3) is 3.61. The van der Waals surface area contributed by atoms with Crippen molar-refractivity contribution in [1.29, 1.82) is 0 Å². The lowest BCUT2D eigenvalue weighted by atomic mass is 10.2. The summed E-state index contributed by atoms with van der Waals surface area (Å²) in [5, 5.41) is 4.96. The van der Waals surface area contributed by atoms with Crippen LogP contribution in [0.2, 0.25) is 0 Å². The number of thiophene rings is 1. The Morgan fingerprint density at radius 1 is 1.14 bits per heavy atom. The number of likely N-dealkylation sites (N-methyl/N-ethyl adjacent to an activating group) is 1. The number of thiazole rings is 1. The lowest BCUT2D eigenvalue weighted by Gasteiger charge is -2.15. The highest BCUT2D eigenvalue weighted by Crippen LogP contribution is 2.23. The maximum absolute atomic E-state index is 12.3. The molecule has 0 aliphatic carbocycles. The molecule has 0 spiro atoms. The van der Waals surface area contributed by atoms with Crippen LogP contribution in [0.3, 0.4) is 0 Å². The first-order chi connectivity index (χ1) is 10.7. The molecule has 2 aromatic heterocycles. The molecule has 0 saturated heterocycles. The van der Waals surface area contributed by atoms with E-state index in [2.05, 4.69) is 4.98 Å². The van der Waals surface area contributed by atoms with E-state index in [9.17, 15) is 4.79 Å². The number of benzene rings is 1. The van der Waals surface area contributed by atoms with E-state index in [1.807, 2.05) is 60.3 Å². The highest BCUT2D eigenvalue weighted by atomic mass is 32.1. The SMILES string of the molecule is CN(Cc1cccs1)C(=O)Cc1csc(-c2ccccc2)n1. The molecule has 0 aliphatic heterocycles. The maximum Gasteiger partial charge on any atom is 0.228 e. The summed E-state index contributed by atoms with van der Waals surface area (Å²) in [5.74, 6) is 0.0957. The van der Waals surface area contributed by atoms with Crippen LogP contribution in [0.15, 0.2) is 53.2 Å². The van der Waals surface area contributed by atoms with E-state index in [1.54, 1.807) is 27.6 Å². The van der Waals surface area contributed by atoms with Gasteiger partial charge in [0.2, 0.25) is 5.91 Å². The first-order valence-electron chi connectivity index (χ1n) is 6.98. The van der Waals surface area contributed by atoms with Crippen molar-refractivity contribution in [2.24, 2.45) is 0 Å². The standard InChI is InChI=1S/C17H16N2OS2/c1-19(11-15-8-5-9-21-15)16(20)10-14-12-22-17(18-14)13-6-3-2-4-7-13/h2-9,12H,10-11H2,1H3. The molecule has 1 aromatic carbocycles. The molecule has 1 amide bonds. The smallest absolute Gasteiger partial charge is 0.228 e. The van der Waals surface area contributed by atoms with Crippen LogP contribution in [0.4, 0.5) is 0 Å². The van der Waals surface area contributed by atoms with Crippen LogP contribution in [0.1, 0.15) is 10.6 Å². The second-order valence-electron chi connectivity index (χ2n) is 5.02. The molecular formula is C17H16N2OS2. The molecule has 0 N–H and O–H groups in total. The molecule has 0 radical (unpaired) electrons. The summed E-state index contributed by atoms with van der Waals surface area (Å²) in [6.45, 7) is 0.659. The summed E-state index contributed by atoms with van der Waals surface area (Å²) < 4.78 is 0. The van der Waals surface area contributed by atoms with Crippen molar-refractivity contribution in [3.05, 3.63) is 63.8 Å². The number of carbonyl (C=O) groups is 1. The molecule has 3 rings (SSSR count). The third-order valence-electron chi connectivity index (χ3n) is 3.30. The maximum atomic E-state index is 12.3. The third-order valence-corrected chi connectivity index (χ3v) is 5.11. The minimum absolute atomic E-state index is 0.0957. The fraction of sp³-hybridized carbons (Fsp3) is 0.176. The molecule has 3 nitrogen and oxygen atoms in total. The summed E-state index contributed by atoms with van der Waals surface area (Å²) in [6.07, 6.45) is 0.352. The van der Waals surface area contributed by atoms with Crippen LogP contribution in [-0.4, -0.2) is 22.8 Å². The van der Waals surface area contributed by atoms with Crippen molar-refractivity contribution in [2.45, 2.75) is 13.0 Å². The van der Waals surface area contributed by atoms with Gasteiger partial charge in [-0.1, -0.05) is 36.4 Å². The van der Waals surface area contributed by atoms with Crippen molar-refractivity contribution in [3.8, 4) is 10.6 Å². The molecular weight excluding hydrogens is 312 g/mol. The van der Waals surface area contributed by atoms with Gasteiger partial charge >= 0.3 is 0 Å². The van der Waals surface area contributed by atoms with Crippen LogP contribution in [-0.2, 0) is 17.8 Å². The number of carbonyl (C=O) groups excluding carboxylic acids is 1. The van der Waals surface area contributed by atoms with Gasteiger partial charge in [0.15, 0.2) is 0 Å². The predicted octanol–water partition coefficient (Wildman–Crippen LogP) is 4.07. The molecule has 0 aliphatic rings. The van der Waals surface area contributed by atoms with Crippen molar-refractivity contribution >= 4 is 28.6 Å². The fourth-order valence-electron chi connectivity index (χ4n) is 2.12. The van der Waals surface area contributed by atoms with Crippen LogP contribution in [0.5, 0.6) is 0 Å². The Labute approximate surface area is 137 Å². The molecule has 2 heterocycles. The predicted molar refractivity (Wildman–Crippen MR) is 92.0 cm³/mol. The topological polar surface area (TPSA) is 33.2 Å². The zero-order chi connectivity index (χ0) is 15.4. The normalized spacial score (nSPS) is 10.6. The van der Waals surface area contributed by atoms with E-state index < -0.39 is 0 Å². The number of amides is 1. The molecule has 112 valence electrons. The van der Waals surface area contributed by atoms with E-state index >= 15 is 0 Å². The Balaban J connectivity index is 1.63. The van der Waals surface area contributed by atoms with E-state index in [-0.39, 0.29) is 5.91 Å². The van der Waals surface area contributed by atoms with Gasteiger partial charge in [-0.05, 0) is 11.4 Å². The van der Waals surface area contributed by atoms with Crippen molar-refractivity contribution < 1.29 is 4.79 Å². The molecule has 5 heteroatoms. The summed E-state index contributed by atoms with van der Waals surface area (Å²) in [5.41, 5.74) is 1.94. The monoisotopic (exact) mass is 328 g/mol. The molecule has 22 heavy (non-hydrogen) atoms. The largest absolute Gasteiger partial charge is 0.340 e. The molecule has 0 bridgehead atoms. The number of hydrogen-bond donors (Lipinski definition) is 0. The molecule has 0 saturated carbocycles. The highest BCUT2D eigenvalue weighted by Gasteiger charge is 2.13. The number of nitrogens with zero attached hydrogens (tertiary/aromatic N) is 2. The highest BCUT2D eigenvalue weighted by molar-refractivity contribution is 7.13. The summed E-state index contributed by atoms with van der Waals surface area (Å²) >= 11 is 3.25. The zero-order valence-electron chi connectivity index (χ0n) is 12.2. The second-order valence-corrected chi connectivity index (χ2v) is 6.91. The van der Waals surface area contributed by atoms with Gasteiger partial charge in [-0.2, -0.15) is 0 Å². The Hall–Kier alpha value is -1.98. The van der Waals surface area contributed by atoms with E-state index in [1.165, 1.54) is 4.88 Å². The van der Waals surface area contributed by atoms with Crippen molar-refractivity contribution in [3.63, 3.8) is 0 Å². The first kappa shape index (κ1) is 14.9. The Morgan fingerprint density at radius 3 is 2.68 bits per heavy atom. The Morgan fingerprint density at radius 2 is 1.95 bits per heavy atom. The quantitative estimate of drug-likeness (QED) is 0.707. The average Bonchev–Trinajstić information content (AvgIpc) is 3.20. The van der Waals surface area contributed by atoms with Gasteiger partial charge in [-0.15, -0.1) is 22.7 Å². The summed E-state index contributed by atoms with van der Waals surface area (Å²) in [7, 11) is 1.84. The summed E-state index contributed by atoms with van der Waals surface area (Å²) in [6, 6.07) is 14.1. The average molecular weight is 328 g/mol. The van der Waals surface area contributed by atoms with Crippen molar-refractivity contribution in [2.75, 3.05) is 7.05 Å². The fourth-order valence-corrected chi connectivity index (χ4v) is 3.70. The first-order valence-corrected chi connectivity index (χ1v) is 8.74. The molecule has 0 atom stereocenters. The molecule has 3 aromatic rings. The lowest BCUT2D eigenvalue weighted by Crippen LogP contribution is -2.27. The zero-order valence-corrected chi connectivity index (χ0v) is 13.9. The molecule has 0 fully saturated rings. The van der Waals surface area contributed by atoms with Gasteiger partial charge in [0.1, 0.15) is 5.01 Å². The van der Waals surface area contributed by atoms with E-state index in [4.69, 9.17) is 0 Å². The Kier molecular flexibility index (Phi) is 4.65. The Bertz CT molecular complexity index is 735. The van der Waals surface area contributed by atoms with Gasteiger partial charge in [-0.3, -0.25) is 4.79 Å². The number of hydrogen-bond acceptors (Lipinski definition) is 4. The summed E-state index contributed by atoms with van der Waals surface area (Å²) in [4.78, 5) is 19.8. The van der Waals surface area contributed by atoms with Crippen LogP contribution in [0, 0.1) is 0 Å². The number of aromatic nitrogens is 1.